The van der Waals surface area contributed by atoms with Crippen LogP contribution >= 0.6 is 11.6 Å². The molecular weight excluding hydrogens is 324 g/mol. The van der Waals surface area contributed by atoms with Gasteiger partial charge in [0.1, 0.15) is 5.56 Å². The Morgan fingerprint density at radius 1 is 1.12 bits per heavy atom. The van der Waals surface area contributed by atoms with Gasteiger partial charge >= 0.3 is 0 Å². The van der Waals surface area contributed by atoms with E-state index in [1.807, 2.05) is 48.5 Å². The van der Waals surface area contributed by atoms with Gasteiger partial charge in [0.05, 0.1) is 0 Å². The molecule has 0 aliphatic carbocycles. The third-order valence-electron chi connectivity index (χ3n) is 4.02. The van der Waals surface area contributed by atoms with Gasteiger partial charge in [0.2, 0.25) is 0 Å². The van der Waals surface area contributed by atoms with E-state index in [0.29, 0.717) is 23.6 Å². The van der Waals surface area contributed by atoms with Crippen molar-refractivity contribution in [1.82, 2.24) is 10.3 Å². The van der Waals surface area contributed by atoms with Gasteiger partial charge in [0, 0.05) is 22.5 Å². The number of pyridine rings is 1. The van der Waals surface area contributed by atoms with Crippen molar-refractivity contribution in [2.75, 3.05) is 6.54 Å². The standard InChI is InChI=1S/C19H17ClN2O2/c1-12-15-4-2-3-5-16(15)22-19(24)17(12)18(23)21-11-10-13-6-8-14(20)9-7-13/h2-9H,10-11H2,1H3,(H,21,23)(H,22,24). The van der Waals surface area contributed by atoms with Gasteiger partial charge < -0.3 is 10.3 Å². The Balaban J connectivity index is 1.76. The number of aromatic amines is 1. The Kier molecular flexibility index (Phi) is 4.67. The molecule has 1 amide bonds. The Morgan fingerprint density at radius 3 is 2.58 bits per heavy atom. The fraction of sp³-hybridized carbons (Fsp3) is 0.158. The molecule has 0 atom stereocenters. The van der Waals surface area contributed by atoms with Gasteiger partial charge in [-0.25, -0.2) is 0 Å². The number of amides is 1. The summed E-state index contributed by atoms with van der Waals surface area (Å²) >= 11 is 5.85. The number of H-pyrrole nitrogens is 1. The molecule has 0 spiro atoms. The van der Waals surface area contributed by atoms with Gasteiger partial charge in [-0.05, 0) is 42.7 Å². The number of carbonyl (C=O) groups is 1. The summed E-state index contributed by atoms with van der Waals surface area (Å²) < 4.78 is 0. The second-order valence-electron chi connectivity index (χ2n) is 5.63. The molecular formula is C19H17ClN2O2. The first kappa shape index (κ1) is 16.3. The third-order valence-corrected chi connectivity index (χ3v) is 4.27. The highest BCUT2D eigenvalue weighted by molar-refractivity contribution is 6.30. The second-order valence-corrected chi connectivity index (χ2v) is 6.07. The van der Waals surface area contributed by atoms with Crippen LogP contribution in [0.25, 0.3) is 10.9 Å². The van der Waals surface area contributed by atoms with Crippen LogP contribution in [-0.4, -0.2) is 17.4 Å². The van der Waals surface area contributed by atoms with E-state index in [2.05, 4.69) is 10.3 Å². The van der Waals surface area contributed by atoms with Crippen LogP contribution in [0.2, 0.25) is 5.02 Å². The van der Waals surface area contributed by atoms with Crippen LogP contribution in [0.4, 0.5) is 0 Å². The minimum absolute atomic E-state index is 0.171. The first-order valence-electron chi connectivity index (χ1n) is 7.70. The summed E-state index contributed by atoms with van der Waals surface area (Å²) in [6, 6.07) is 14.9. The second kappa shape index (κ2) is 6.89. The number of hydrogen-bond donors (Lipinski definition) is 2. The van der Waals surface area contributed by atoms with E-state index in [-0.39, 0.29) is 17.0 Å². The molecule has 0 aliphatic heterocycles. The fourth-order valence-corrected chi connectivity index (χ4v) is 2.87. The van der Waals surface area contributed by atoms with E-state index in [1.165, 1.54) is 0 Å². The van der Waals surface area contributed by atoms with Gasteiger partial charge in [-0.15, -0.1) is 0 Å². The van der Waals surface area contributed by atoms with Crippen LogP contribution in [0, 0.1) is 6.92 Å². The van der Waals surface area contributed by atoms with Gasteiger partial charge in [0.15, 0.2) is 0 Å². The largest absolute Gasteiger partial charge is 0.352 e. The Bertz CT molecular complexity index is 946. The van der Waals surface area contributed by atoms with Crippen LogP contribution in [0.15, 0.2) is 53.3 Å². The molecule has 122 valence electrons. The molecule has 24 heavy (non-hydrogen) atoms. The smallest absolute Gasteiger partial charge is 0.261 e. The van der Waals surface area contributed by atoms with Crippen LogP contribution in [0.3, 0.4) is 0 Å². The molecule has 0 radical (unpaired) electrons. The summed E-state index contributed by atoms with van der Waals surface area (Å²) in [7, 11) is 0. The number of para-hydroxylation sites is 1. The molecule has 1 heterocycles. The van der Waals surface area contributed by atoms with Crippen LogP contribution in [0.5, 0.6) is 0 Å². The van der Waals surface area contributed by atoms with E-state index in [9.17, 15) is 9.59 Å². The average molecular weight is 341 g/mol. The quantitative estimate of drug-likeness (QED) is 0.764. The Hall–Kier alpha value is -2.59. The highest BCUT2D eigenvalue weighted by Crippen LogP contribution is 2.16. The molecule has 0 fully saturated rings. The zero-order valence-corrected chi connectivity index (χ0v) is 14.0. The minimum atomic E-state index is -0.366. The number of rotatable bonds is 4. The van der Waals surface area contributed by atoms with E-state index in [1.54, 1.807) is 6.92 Å². The first-order chi connectivity index (χ1) is 11.6. The maximum absolute atomic E-state index is 12.4. The molecule has 0 saturated carbocycles. The molecule has 3 aromatic rings. The van der Waals surface area contributed by atoms with E-state index in [0.717, 1.165) is 16.5 Å². The summed E-state index contributed by atoms with van der Waals surface area (Å²) in [5.41, 5.74) is 2.31. The molecule has 1 aromatic heterocycles. The van der Waals surface area contributed by atoms with E-state index < -0.39 is 0 Å². The zero-order valence-electron chi connectivity index (χ0n) is 13.2. The average Bonchev–Trinajstić information content (AvgIpc) is 2.57. The van der Waals surface area contributed by atoms with Crippen molar-refractivity contribution in [2.24, 2.45) is 0 Å². The lowest BCUT2D eigenvalue weighted by Gasteiger charge is -2.09. The molecule has 3 rings (SSSR count). The summed E-state index contributed by atoms with van der Waals surface area (Å²) in [6.45, 7) is 2.25. The van der Waals surface area contributed by atoms with Gasteiger partial charge in [-0.3, -0.25) is 9.59 Å². The molecule has 2 N–H and O–H groups in total. The van der Waals surface area contributed by atoms with Crippen molar-refractivity contribution in [3.63, 3.8) is 0 Å². The van der Waals surface area contributed by atoms with Crippen molar-refractivity contribution in [3.8, 4) is 0 Å². The molecule has 2 aromatic carbocycles. The predicted molar refractivity (Wildman–Crippen MR) is 96.8 cm³/mol. The van der Waals surface area contributed by atoms with Crippen molar-refractivity contribution in [1.29, 1.82) is 0 Å². The highest BCUT2D eigenvalue weighted by Gasteiger charge is 2.16. The van der Waals surface area contributed by atoms with Crippen molar-refractivity contribution in [3.05, 3.63) is 80.6 Å². The normalized spacial score (nSPS) is 10.8. The monoisotopic (exact) mass is 340 g/mol. The zero-order chi connectivity index (χ0) is 17.1. The molecule has 0 aliphatic rings. The lowest BCUT2D eigenvalue weighted by molar-refractivity contribution is 0.0952. The Labute approximate surface area is 144 Å². The maximum atomic E-state index is 12.4. The topological polar surface area (TPSA) is 62.0 Å². The number of aromatic nitrogens is 1. The van der Waals surface area contributed by atoms with Gasteiger partial charge in [-0.1, -0.05) is 41.9 Å². The number of halogens is 1. The fourth-order valence-electron chi connectivity index (χ4n) is 2.74. The molecule has 4 nitrogen and oxygen atoms in total. The van der Waals surface area contributed by atoms with Crippen molar-refractivity contribution < 1.29 is 4.79 Å². The highest BCUT2D eigenvalue weighted by atomic mass is 35.5. The number of benzene rings is 2. The van der Waals surface area contributed by atoms with Crippen molar-refractivity contribution >= 4 is 28.4 Å². The number of hydrogen-bond acceptors (Lipinski definition) is 2. The minimum Gasteiger partial charge on any atom is -0.352 e. The third kappa shape index (κ3) is 3.34. The summed E-state index contributed by atoms with van der Waals surface area (Å²) in [6.07, 6.45) is 0.674. The molecule has 0 unspecified atom stereocenters. The molecule has 0 saturated heterocycles. The Morgan fingerprint density at radius 2 is 1.83 bits per heavy atom. The van der Waals surface area contributed by atoms with E-state index in [4.69, 9.17) is 11.6 Å². The van der Waals surface area contributed by atoms with Crippen LogP contribution < -0.4 is 10.9 Å². The SMILES string of the molecule is Cc1c(C(=O)NCCc2ccc(Cl)cc2)c(=O)[nH]c2ccccc12. The first-order valence-corrected chi connectivity index (χ1v) is 8.08. The van der Waals surface area contributed by atoms with Crippen LogP contribution in [-0.2, 0) is 6.42 Å². The number of aryl methyl sites for hydroxylation is 1. The number of carbonyl (C=O) groups excluding carboxylic acids is 1. The predicted octanol–water partition coefficient (Wildman–Crippen LogP) is 3.46. The number of nitrogens with one attached hydrogen (secondary N) is 2. The summed E-state index contributed by atoms with van der Waals surface area (Å²) in [5.74, 6) is -0.353. The van der Waals surface area contributed by atoms with Crippen molar-refractivity contribution in [2.45, 2.75) is 13.3 Å². The van der Waals surface area contributed by atoms with Gasteiger partial charge in [-0.2, -0.15) is 0 Å². The maximum Gasteiger partial charge on any atom is 0.261 e. The summed E-state index contributed by atoms with van der Waals surface area (Å²) in [4.78, 5) is 27.4. The molecule has 5 heteroatoms. The van der Waals surface area contributed by atoms with E-state index >= 15 is 0 Å². The lowest BCUT2D eigenvalue weighted by Crippen LogP contribution is -2.32. The summed E-state index contributed by atoms with van der Waals surface area (Å²) in [5, 5.41) is 4.37. The number of fused-ring (bicyclic) bond motifs is 1. The lowest BCUT2D eigenvalue weighted by atomic mass is 10.0. The van der Waals surface area contributed by atoms with Gasteiger partial charge in [0.25, 0.3) is 11.5 Å². The molecule has 0 bridgehead atoms. The van der Waals surface area contributed by atoms with Crippen LogP contribution in [0.1, 0.15) is 21.5 Å².